The Morgan fingerprint density at radius 3 is 2.48 bits per heavy atom. The van der Waals surface area contributed by atoms with Crippen LogP contribution in [-0.4, -0.2) is 29.9 Å². The van der Waals surface area contributed by atoms with E-state index in [9.17, 15) is 10.1 Å². The molecule has 4 rings (SSSR count). The van der Waals surface area contributed by atoms with Gasteiger partial charge in [0.1, 0.15) is 17.6 Å². The van der Waals surface area contributed by atoms with Gasteiger partial charge >= 0.3 is 6.09 Å². The van der Waals surface area contributed by atoms with Gasteiger partial charge in [-0.1, -0.05) is 18.2 Å². The average molecular weight is 443 g/mol. The average Bonchev–Trinajstić information content (AvgIpc) is 3.18. The Hall–Kier alpha value is -4.55. The molecule has 0 saturated heterocycles. The standard InChI is InChI=1S/C24H21N5O4/c1-31-15-20-21(28-24(30)32-2)14-29-23(20)22(16(12-25)13-26-29)27-17-8-10-19(11-9-17)33-18-6-4-3-5-7-18/h3-11,13-14,27H,15H2,1-2H3,(H,28,30). The zero-order valence-corrected chi connectivity index (χ0v) is 18.0. The smallest absolute Gasteiger partial charge is 0.411 e. The molecule has 166 valence electrons. The Labute approximate surface area is 190 Å². The third-order valence-electron chi connectivity index (χ3n) is 4.84. The lowest BCUT2D eigenvalue weighted by molar-refractivity contribution is 0.184. The maximum atomic E-state index is 11.8. The maximum absolute atomic E-state index is 11.8. The van der Waals surface area contributed by atoms with Crippen LogP contribution in [0.5, 0.6) is 11.5 Å². The van der Waals surface area contributed by atoms with Crippen LogP contribution in [0.15, 0.2) is 67.0 Å². The molecule has 33 heavy (non-hydrogen) atoms. The molecule has 2 heterocycles. The first kappa shape index (κ1) is 21.7. The van der Waals surface area contributed by atoms with Gasteiger partial charge in [0.15, 0.2) is 0 Å². The fraction of sp³-hybridized carbons (Fsp3) is 0.125. The van der Waals surface area contributed by atoms with E-state index in [-0.39, 0.29) is 6.61 Å². The van der Waals surface area contributed by atoms with E-state index in [1.54, 1.807) is 17.8 Å². The number of methoxy groups -OCH3 is 2. The summed E-state index contributed by atoms with van der Waals surface area (Å²) in [6.45, 7) is 0.185. The van der Waals surface area contributed by atoms with Gasteiger partial charge in [0.2, 0.25) is 0 Å². The maximum Gasteiger partial charge on any atom is 0.411 e. The summed E-state index contributed by atoms with van der Waals surface area (Å²) in [5.74, 6) is 1.42. The molecule has 1 amide bonds. The van der Waals surface area contributed by atoms with Crippen LogP contribution in [0.3, 0.4) is 0 Å². The van der Waals surface area contributed by atoms with E-state index in [1.807, 2.05) is 54.6 Å². The summed E-state index contributed by atoms with van der Waals surface area (Å²) >= 11 is 0. The summed E-state index contributed by atoms with van der Waals surface area (Å²) in [5.41, 5.74) is 3.35. The zero-order chi connectivity index (χ0) is 23.2. The number of aromatic nitrogens is 2. The van der Waals surface area contributed by atoms with Crippen molar-refractivity contribution in [3.05, 3.63) is 78.1 Å². The van der Waals surface area contributed by atoms with Gasteiger partial charge in [-0.3, -0.25) is 5.32 Å². The number of hydrogen-bond acceptors (Lipinski definition) is 7. The number of nitriles is 1. The highest BCUT2D eigenvalue weighted by Crippen LogP contribution is 2.34. The number of fused-ring (bicyclic) bond motifs is 1. The van der Waals surface area contributed by atoms with E-state index in [0.29, 0.717) is 33.8 Å². The molecule has 9 nitrogen and oxygen atoms in total. The summed E-state index contributed by atoms with van der Waals surface area (Å²) in [4.78, 5) is 11.8. The Morgan fingerprint density at radius 2 is 1.82 bits per heavy atom. The van der Waals surface area contributed by atoms with E-state index < -0.39 is 6.09 Å². The second-order valence-electron chi connectivity index (χ2n) is 6.97. The van der Waals surface area contributed by atoms with Crippen LogP contribution in [0.2, 0.25) is 0 Å². The largest absolute Gasteiger partial charge is 0.457 e. The normalized spacial score (nSPS) is 10.5. The molecule has 4 aromatic rings. The van der Waals surface area contributed by atoms with Gasteiger partial charge in [0.25, 0.3) is 0 Å². The Kier molecular flexibility index (Phi) is 6.38. The molecule has 0 unspecified atom stereocenters. The number of para-hydroxylation sites is 1. The predicted octanol–water partition coefficient (Wildman–Crippen LogP) is 5.07. The summed E-state index contributed by atoms with van der Waals surface area (Å²) in [6.07, 6.45) is 2.48. The molecule has 0 spiro atoms. The predicted molar refractivity (Wildman–Crippen MR) is 123 cm³/mol. The molecular formula is C24H21N5O4. The molecule has 0 radical (unpaired) electrons. The first-order valence-electron chi connectivity index (χ1n) is 10.00. The minimum absolute atomic E-state index is 0.185. The van der Waals surface area contributed by atoms with Crippen molar-refractivity contribution < 1.29 is 19.0 Å². The van der Waals surface area contributed by atoms with Crippen molar-refractivity contribution in [2.45, 2.75) is 6.61 Å². The number of nitrogens with zero attached hydrogens (tertiary/aromatic N) is 3. The van der Waals surface area contributed by atoms with Crippen molar-refractivity contribution in [1.82, 2.24) is 9.61 Å². The lowest BCUT2D eigenvalue weighted by atomic mass is 10.1. The number of amides is 1. The number of hydrogen-bond donors (Lipinski definition) is 2. The number of carbonyl (C=O) groups is 1. The molecular weight excluding hydrogens is 422 g/mol. The monoisotopic (exact) mass is 443 g/mol. The first-order chi connectivity index (χ1) is 16.1. The molecule has 0 atom stereocenters. The number of ether oxygens (including phenoxy) is 3. The minimum Gasteiger partial charge on any atom is -0.457 e. The van der Waals surface area contributed by atoms with Crippen LogP contribution < -0.4 is 15.4 Å². The van der Waals surface area contributed by atoms with E-state index in [1.165, 1.54) is 13.3 Å². The topological polar surface area (TPSA) is 110 Å². The van der Waals surface area contributed by atoms with Crippen LogP contribution >= 0.6 is 0 Å². The van der Waals surface area contributed by atoms with E-state index in [0.717, 1.165) is 11.4 Å². The van der Waals surface area contributed by atoms with Crippen molar-refractivity contribution in [3.8, 4) is 17.6 Å². The van der Waals surface area contributed by atoms with Gasteiger partial charge in [-0.05, 0) is 36.4 Å². The number of rotatable bonds is 7. The molecule has 0 saturated carbocycles. The minimum atomic E-state index is -0.618. The van der Waals surface area contributed by atoms with E-state index >= 15 is 0 Å². The summed E-state index contributed by atoms with van der Waals surface area (Å²) in [7, 11) is 2.83. The summed E-state index contributed by atoms with van der Waals surface area (Å²) in [6, 6.07) is 19.0. The van der Waals surface area contributed by atoms with Crippen molar-refractivity contribution in [1.29, 1.82) is 5.26 Å². The Balaban J connectivity index is 1.70. The van der Waals surface area contributed by atoms with Crippen molar-refractivity contribution in [3.63, 3.8) is 0 Å². The molecule has 0 fully saturated rings. The van der Waals surface area contributed by atoms with Gasteiger partial charge in [-0.15, -0.1) is 0 Å². The summed E-state index contributed by atoms with van der Waals surface area (Å²) in [5, 5.41) is 20.0. The fourth-order valence-electron chi connectivity index (χ4n) is 3.34. The van der Waals surface area contributed by atoms with Crippen molar-refractivity contribution in [2.75, 3.05) is 24.9 Å². The van der Waals surface area contributed by atoms with Gasteiger partial charge < -0.3 is 19.5 Å². The lowest BCUT2D eigenvalue weighted by Gasteiger charge is -2.13. The Morgan fingerprint density at radius 1 is 1.09 bits per heavy atom. The third-order valence-corrected chi connectivity index (χ3v) is 4.84. The highest BCUT2D eigenvalue weighted by molar-refractivity contribution is 5.93. The molecule has 2 aromatic heterocycles. The van der Waals surface area contributed by atoms with Gasteiger partial charge in [-0.2, -0.15) is 10.4 Å². The van der Waals surface area contributed by atoms with Crippen LogP contribution in [-0.2, 0) is 16.1 Å². The van der Waals surface area contributed by atoms with Gasteiger partial charge in [0.05, 0.1) is 48.6 Å². The number of nitrogens with one attached hydrogen (secondary N) is 2. The molecule has 9 heteroatoms. The third kappa shape index (κ3) is 4.71. The quantitative estimate of drug-likeness (QED) is 0.410. The molecule has 0 aliphatic carbocycles. The SMILES string of the molecule is COCc1c(NC(=O)OC)cn2ncc(C#N)c(Nc3ccc(Oc4ccccc4)cc3)c12. The molecule has 2 N–H and O–H groups in total. The van der Waals surface area contributed by atoms with Crippen LogP contribution in [0.1, 0.15) is 11.1 Å². The molecule has 0 bridgehead atoms. The zero-order valence-electron chi connectivity index (χ0n) is 18.0. The second kappa shape index (κ2) is 9.72. The van der Waals surface area contributed by atoms with E-state index in [2.05, 4.69) is 21.8 Å². The lowest BCUT2D eigenvalue weighted by Crippen LogP contribution is -2.11. The first-order valence-corrected chi connectivity index (χ1v) is 10.00. The van der Waals surface area contributed by atoms with Crippen LogP contribution in [0.4, 0.5) is 21.9 Å². The fourth-order valence-corrected chi connectivity index (χ4v) is 3.34. The number of anilines is 3. The molecule has 2 aromatic carbocycles. The van der Waals surface area contributed by atoms with Gasteiger partial charge in [0, 0.05) is 18.4 Å². The number of carbonyl (C=O) groups excluding carboxylic acids is 1. The van der Waals surface area contributed by atoms with E-state index in [4.69, 9.17) is 14.2 Å². The highest BCUT2D eigenvalue weighted by atomic mass is 16.5. The van der Waals surface area contributed by atoms with Crippen LogP contribution in [0.25, 0.3) is 5.52 Å². The van der Waals surface area contributed by atoms with Crippen molar-refractivity contribution >= 4 is 28.7 Å². The molecule has 0 aliphatic heterocycles. The second-order valence-corrected chi connectivity index (χ2v) is 6.97. The summed E-state index contributed by atoms with van der Waals surface area (Å²) < 4.78 is 17.5. The Bertz CT molecular complexity index is 1310. The van der Waals surface area contributed by atoms with Crippen LogP contribution in [0, 0.1) is 11.3 Å². The van der Waals surface area contributed by atoms with Crippen molar-refractivity contribution in [2.24, 2.45) is 0 Å². The molecule has 0 aliphatic rings. The number of benzene rings is 2. The van der Waals surface area contributed by atoms with Gasteiger partial charge in [-0.25, -0.2) is 9.31 Å². The highest BCUT2D eigenvalue weighted by Gasteiger charge is 2.20.